The number of ether oxygens (including phenoxy) is 2. The van der Waals surface area contributed by atoms with Gasteiger partial charge in [-0.25, -0.2) is 4.98 Å². The Hall–Kier alpha value is -2.50. The van der Waals surface area contributed by atoms with Gasteiger partial charge in [0.2, 0.25) is 5.75 Å². The quantitative estimate of drug-likeness (QED) is 0.803. The van der Waals surface area contributed by atoms with Crippen LogP contribution in [-0.4, -0.2) is 35.6 Å². The normalized spacial score (nSPS) is 10.1. The number of phenols is 1. The smallest absolute Gasteiger partial charge is 0.200 e. The molecule has 0 saturated heterocycles. The van der Waals surface area contributed by atoms with Crippen molar-refractivity contribution in [1.82, 2.24) is 9.97 Å². The van der Waals surface area contributed by atoms with Gasteiger partial charge in [0, 0.05) is 11.8 Å². The van der Waals surface area contributed by atoms with Crippen molar-refractivity contribution in [1.29, 1.82) is 0 Å². The number of nitrogens with one attached hydrogen (secondary N) is 1. The van der Waals surface area contributed by atoms with Crippen LogP contribution >= 0.6 is 0 Å². The van der Waals surface area contributed by atoms with Crippen LogP contribution in [0.3, 0.4) is 0 Å². The average molecular weight is 248 g/mol. The molecule has 1 aromatic heterocycles. The summed E-state index contributed by atoms with van der Waals surface area (Å²) in [7, 11) is 2.88. The number of phenolic OH excluding ortho intramolecular Hbond substituents is 1. The number of hydrogen-bond donors (Lipinski definition) is 2. The van der Waals surface area contributed by atoms with Crippen LogP contribution in [0.15, 0.2) is 18.3 Å². The summed E-state index contributed by atoms with van der Waals surface area (Å²) in [6, 6.07) is 3.20. The Bertz CT molecular complexity index is 552. The summed E-state index contributed by atoms with van der Waals surface area (Å²) in [5.41, 5.74) is 0.950. The summed E-state index contributed by atoms with van der Waals surface area (Å²) in [5, 5.41) is 9.77. The van der Waals surface area contributed by atoms with Gasteiger partial charge in [0.1, 0.15) is 11.5 Å². The van der Waals surface area contributed by atoms with Crippen LogP contribution in [0.2, 0.25) is 0 Å². The van der Waals surface area contributed by atoms with E-state index in [1.165, 1.54) is 20.4 Å². The van der Waals surface area contributed by atoms with Gasteiger partial charge >= 0.3 is 0 Å². The summed E-state index contributed by atoms with van der Waals surface area (Å²) in [6.07, 6.45) is 2.14. The van der Waals surface area contributed by atoms with Crippen LogP contribution < -0.4 is 9.47 Å². The largest absolute Gasteiger partial charge is 0.502 e. The van der Waals surface area contributed by atoms with Crippen molar-refractivity contribution in [2.24, 2.45) is 0 Å². The minimum Gasteiger partial charge on any atom is -0.502 e. The number of hydrogen-bond acceptors (Lipinski definition) is 5. The minimum atomic E-state index is -0.0779. The topological polar surface area (TPSA) is 84.4 Å². The summed E-state index contributed by atoms with van der Waals surface area (Å²) in [5.74, 6) is 0.960. The lowest BCUT2D eigenvalue weighted by atomic mass is 10.1. The molecule has 1 aromatic carbocycles. The van der Waals surface area contributed by atoms with E-state index in [2.05, 4.69) is 9.97 Å². The maximum Gasteiger partial charge on any atom is 0.200 e. The van der Waals surface area contributed by atoms with E-state index in [0.717, 1.165) is 0 Å². The van der Waals surface area contributed by atoms with Crippen molar-refractivity contribution in [2.75, 3.05) is 14.2 Å². The van der Waals surface area contributed by atoms with Crippen molar-refractivity contribution in [2.45, 2.75) is 0 Å². The standard InChI is InChI=1S/C12H12N2O4/c1-17-9-3-7(4-10(18-2)11(9)16)12-13-5-8(6-15)14-12/h3-6,16H,1-2H3,(H,13,14). The molecule has 18 heavy (non-hydrogen) atoms. The Balaban J connectivity index is 2.53. The van der Waals surface area contributed by atoms with Crippen molar-refractivity contribution in [3.63, 3.8) is 0 Å². The van der Waals surface area contributed by atoms with Crippen LogP contribution in [0, 0.1) is 0 Å². The number of aromatic hydroxyl groups is 1. The Labute approximate surface area is 103 Å². The molecular weight excluding hydrogens is 236 g/mol. The fourth-order valence-electron chi connectivity index (χ4n) is 1.57. The number of rotatable bonds is 4. The van der Waals surface area contributed by atoms with Gasteiger partial charge in [-0.2, -0.15) is 0 Å². The third kappa shape index (κ3) is 2.00. The van der Waals surface area contributed by atoms with Gasteiger partial charge in [0.05, 0.1) is 14.2 Å². The molecule has 0 atom stereocenters. The first-order valence-corrected chi connectivity index (χ1v) is 5.15. The van der Waals surface area contributed by atoms with E-state index in [9.17, 15) is 9.90 Å². The highest BCUT2D eigenvalue weighted by Gasteiger charge is 2.13. The zero-order valence-electron chi connectivity index (χ0n) is 9.93. The van der Waals surface area contributed by atoms with E-state index in [-0.39, 0.29) is 17.2 Å². The van der Waals surface area contributed by atoms with Gasteiger partial charge < -0.3 is 19.6 Å². The third-order valence-electron chi connectivity index (χ3n) is 2.47. The molecule has 0 radical (unpaired) electrons. The van der Waals surface area contributed by atoms with Gasteiger partial charge in [-0.15, -0.1) is 0 Å². The predicted molar refractivity (Wildman–Crippen MR) is 64.2 cm³/mol. The lowest BCUT2D eigenvalue weighted by Crippen LogP contribution is -1.91. The van der Waals surface area contributed by atoms with E-state index in [1.807, 2.05) is 0 Å². The number of carbonyl (C=O) groups excluding carboxylic acids is 1. The number of imidazole rings is 1. The second kappa shape index (κ2) is 4.79. The molecule has 1 heterocycles. The molecule has 2 N–H and O–H groups in total. The summed E-state index contributed by atoms with van der Waals surface area (Å²) in [6.45, 7) is 0. The molecule has 2 rings (SSSR count). The van der Waals surface area contributed by atoms with Gasteiger partial charge in [0.15, 0.2) is 17.8 Å². The van der Waals surface area contributed by atoms with Gasteiger partial charge in [-0.05, 0) is 12.1 Å². The predicted octanol–water partition coefficient (Wildman–Crippen LogP) is 1.61. The zero-order valence-corrected chi connectivity index (χ0v) is 9.93. The van der Waals surface area contributed by atoms with Gasteiger partial charge in [-0.1, -0.05) is 0 Å². The highest BCUT2D eigenvalue weighted by molar-refractivity contribution is 5.74. The van der Waals surface area contributed by atoms with Gasteiger partial charge in [0.25, 0.3) is 0 Å². The molecule has 94 valence electrons. The highest BCUT2D eigenvalue weighted by Crippen LogP contribution is 2.39. The minimum absolute atomic E-state index is 0.0779. The monoisotopic (exact) mass is 248 g/mol. The first kappa shape index (κ1) is 12.0. The van der Waals surface area contributed by atoms with Crippen molar-refractivity contribution in [3.05, 3.63) is 24.0 Å². The van der Waals surface area contributed by atoms with Gasteiger partial charge in [-0.3, -0.25) is 4.79 Å². The molecule has 0 aliphatic heterocycles. The molecule has 6 nitrogen and oxygen atoms in total. The molecule has 0 aliphatic rings. The number of methoxy groups -OCH3 is 2. The van der Waals surface area contributed by atoms with E-state index < -0.39 is 0 Å². The first-order chi connectivity index (χ1) is 8.69. The molecule has 6 heteroatoms. The second-order valence-corrected chi connectivity index (χ2v) is 3.52. The molecule has 0 amide bonds. The van der Waals surface area contributed by atoms with E-state index in [4.69, 9.17) is 9.47 Å². The number of benzene rings is 1. The number of aromatic nitrogens is 2. The van der Waals surface area contributed by atoms with Crippen molar-refractivity contribution < 1.29 is 19.4 Å². The van der Waals surface area contributed by atoms with Crippen LogP contribution in [0.4, 0.5) is 0 Å². The average Bonchev–Trinajstić information content (AvgIpc) is 2.88. The number of H-pyrrole nitrogens is 1. The lowest BCUT2D eigenvalue weighted by Gasteiger charge is -2.09. The zero-order chi connectivity index (χ0) is 13.1. The molecule has 0 spiro atoms. The SMILES string of the molecule is COc1cc(-c2nc(C=O)c[nH]2)cc(OC)c1O. The van der Waals surface area contributed by atoms with Crippen molar-refractivity contribution in [3.8, 4) is 28.6 Å². The number of nitrogens with zero attached hydrogens (tertiary/aromatic N) is 1. The molecule has 0 unspecified atom stereocenters. The molecule has 2 aromatic rings. The third-order valence-corrected chi connectivity index (χ3v) is 2.47. The van der Waals surface area contributed by atoms with E-state index in [1.54, 1.807) is 12.1 Å². The Morgan fingerprint density at radius 3 is 2.33 bits per heavy atom. The van der Waals surface area contributed by atoms with Crippen molar-refractivity contribution >= 4 is 6.29 Å². The van der Waals surface area contributed by atoms with Crippen LogP contribution in [0.5, 0.6) is 17.2 Å². The molecule has 0 fully saturated rings. The summed E-state index contributed by atoms with van der Waals surface area (Å²) in [4.78, 5) is 17.5. The number of carbonyl (C=O) groups is 1. The lowest BCUT2D eigenvalue weighted by molar-refractivity contribution is 0.111. The Morgan fingerprint density at radius 1 is 1.28 bits per heavy atom. The fraction of sp³-hybridized carbons (Fsp3) is 0.167. The highest BCUT2D eigenvalue weighted by atomic mass is 16.5. The van der Waals surface area contributed by atoms with Crippen LogP contribution in [0.1, 0.15) is 10.5 Å². The molecule has 0 aliphatic carbocycles. The molecular formula is C12H12N2O4. The number of aldehydes is 1. The molecule has 0 saturated carbocycles. The van der Waals surface area contributed by atoms with E-state index >= 15 is 0 Å². The summed E-state index contributed by atoms with van der Waals surface area (Å²) >= 11 is 0. The summed E-state index contributed by atoms with van der Waals surface area (Å²) < 4.78 is 10.1. The van der Waals surface area contributed by atoms with Crippen LogP contribution in [-0.2, 0) is 0 Å². The Morgan fingerprint density at radius 2 is 1.89 bits per heavy atom. The first-order valence-electron chi connectivity index (χ1n) is 5.15. The van der Waals surface area contributed by atoms with E-state index in [0.29, 0.717) is 23.4 Å². The molecule has 0 bridgehead atoms. The second-order valence-electron chi connectivity index (χ2n) is 3.52. The maximum absolute atomic E-state index is 10.6. The number of aromatic amines is 1. The van der Waals surface area contributed by atoms with Crippen LogP contribution in [0.25, 0.3) is 11.4 Å². The maximum atomic E-state index is 10.6. The Kier molecular flexibility index (Phi) is 3.18. The fourth-order valence-corrected chi connectivity index (χ4v) is 1.57.